The number of rotatable bonds is 9. The third kappa shape index (κ3) is 7.29. The van der Waals surface area contributed by atoms with Crippen molar-refractivity contribution in [3.05, 3.63) is 42.5 Å². The van der Waals surface area contributed by atoms with Crippen LogP contribution in [-0.2, 0) is 29.0 Å². The number of sulfone groups is 1. The Morgan fingerprint density at radius 2 is 1.61 bits per heavy atom. The molecule has 0 aromatic heterocycles. The summed E-state index contributed by atoms with van der Waals surface area (Å²) in [5.74, 6) is -2.53. The van der Waals surface area contributed by atoms with Crippen molar-refractivity contribution in [3.8, 4) is 0 Å². The van der Waals surface area contributed by atoms with Gasteiger partial charge in [0.25, 0.3) is 0 Å². The molecular weight excluding hydrogens is 450 g/mol. The molecule has 1 unspecified atom stereocenters. The van der Waals surface area contributed by atoms with Crippen LogP contribution in [0.25, 0.3) is 0 Å². The first-order valence-electron chi connectivity index (χ1n) is 10.8. The van der Waals surface area contributed by atoms with Gasteiger partial charge in [0.15, 0.2) is 16.1 Å². The molecule has 0 aliphatic carbocycles. The van der Waals surface area contributed by atoms with Gasteiger partial charge in [-0.2, -0.15) is 5.06 Å². The maximum atomic E-state index is 13.4. The SMILES string of the molecule is CCN(CC)CCN1OC(=O)/C=C\C(=O)OC(CS(=O)(=O)c2ccccc2)N(C(C)C)C1=O. The lowest BCUT2D eigenvalue weighted by molar-refractivity contribution is -0.179. The fraction of sp³-hybridized carbons (Fsp3) is 0.500. The number of benzene rings is 1. The highest BCUT2D eigenvalue weighted by Crippen LogP contribution is 2.19. The van der Waals surface area contributed by atoms with E-state index in [4.69, 9.17) is 9.57 Å². The number of esters is 1. The number of hydroxylamine groups is 2. The van der Waals surface area contributed by atoms with Gasteiger partial charge < -0.3 is 14.5 Å². The lowest BCUT2D eigenvalue weighted by Crippen LogP contribution is -2.56. The van der Waals surface area contributed by atoms with Crippen molar-refractivity contribution in [2.75, 3.05) is 31.9 Å². The van der Waals surface area contributed by atoms with Gasteiger partial charge in [-0.25, -0.2) is 22.8 Å². The van der Waals surface area contributed by atoms with Crippen molar-refractivity contribution in [1.29, 1.82) is 0 Å². The molecule has 33 heavy (non-hydrogen) atoms. The number of hydrogen-bond donors (Lipinski definition) is 0. The van der Waals surface area contributed by atoms with Gasteiger partial charge in [-0.15, -0.1) is 0 Å². The predicted octanol–water partition coefficient (Wildman–Crippen LogP) is 1.83. The number of likely N-dealkylation sites (N-methyl/N-ethyl adjacent to an activating group) is 1. The summed E-state index contributed by atoms with van der Waals surface area (Å²) in [6, 6.07) is 6.35. The molecule has 0 saturated carbocycles. The van der Waals surface area contributed by atoms with Gasteiger partial charge >= 0.3 is 18.0 Å². The van der Waals surface area contributed by atoms with Crippen molar-refractivity contribution in [3.63, 3.8) is 0 Å². The zero-order valence-electron chi connectivity index (χ0n) is 19.3. The van der Waals surface area contributed by atoms with E-state index in [2.05, 4.69) is 0 Å². The van der Waals surface area contributed by atoms with Crippen LogP contribution in [0.2, 0.25) is 0 Å². The maximum absolute atomic E-state index is 13.4. The Morgan fingerprint density at radius 1 is 1.00 bits per heavy atom. The zero-order valence-corrected chi connectivity index (χ0v) is 20.2. The minimum absolute atomic E-state index is 0.0367. The average molecular weight is 482 g/mol. The van der Waals surface area contributed by atoms with E-state index >= 15 is 0 Å². The summed E-state index contributed by atoms with van der Waals surface area (Å²) >= 11 is 0. The van der Waals surface area contributed by atoms with Gasteiger partial charge in [0, 0.05) is 24.7 Å². The number of cyclic esters (lactones) is 1. The molecule has 1 aromatic carbocycles. The molecule has 0 fully saturated rings. The molecular formula is C22H31N3O7S. The summed E-state index contributed by atoms with van der Waals surface area (Å²) in [5, 5.41) is 0.881. The van der Waals surface area contributed by atoms with Crippen molar-refractivity contribution in [2.45, 2.75) is 44.9 Å². The molecule has 0 saturated heterocycles. The van der Waals surface area contributed by atoms with Crippen LogP contribution < -0.4 is 0 Å². The zero-order chi connectivity index (χ0) is 24.6. The second-order valence-corrected chi connectivity index (χ2v) is 9.68. The number of urea groups is 1. The Labute approximate surface area is 194 Å². The quantitative estimate of drug-likeness (QED) is 0.491. The van der Waals surface area contributed by atoms with Crippen molar-refractivity contribution in [2.24, 2.45) is 0 Å². The largest absolute Gasteiger partial charge is 0.437 e. The molecule has 182 valence electrons. The van der Waals surface area contributed by atoms with Gasteiger partial charge in [-0.1, -0.05) is 32.0 Å². The molecule has 1 atom stereocenters. The molecule has 1 heterocycles. The van der Waals surface area contributed by atoms with Gasteiger partial charge in [-0.3, -0.25) is 4.90 Å². The van der Waals surface area contributed by atoms with Crippen LogP contribution in [-0.4, -0.2) is 85.5 Å². The fourth-order valence-corrected chi connectivity index (χ4v) is 4.66. The first kappa shape index (κ1) is 26.3. The van der Waals surface area contributed by atoms with E-state index in [1.54, 1.807) is 32.0 Å². The fourth-order valence-electron chi connectivity index (χ4n) is 3.29. The van der Waals surface area contributed by atoms with E-state index in [0.717, 1.165) is 35.2 Å². The van der Waals surface area contributed by atoms with Gasteiger partial charge in [0.2, 0.25) is 0 Å². The number of ether oxygens (including phenoxy) is 1. The molecule has 2 amide bonds. The van der Waals surface area contributed by atoms with Gasteiger partial charge in [0.1, 0.15) is 5.75 Å². The Hall–Kier alpha value is -2.92. The highest BCUT2D eigenvalue weighted by Gasteiger charge is 2.38. The minimum atomic E-state index is -3.91. The Bertz CT molecular complexity index is 959. The van der Waals surface area contributed by atoms with Crippen LogP contribution in [0, 0.1) is 0 Å². The van der Waals surface area contributed by atoms with Crippen LogP contribution in [0.5, 0.6) is 0 Å². The molecule has 0 radical (unpaired) electrons. The van der Waals surface area contributed by atoms with Crippen LogP contribution in [0.1, 0.15) is 27.7 Å². The molecule has 1 aliphatic rings. The summed E-state index contributed by atoms with van der Waals surface area (Å²) in [7, 11) is -3.91. The Morgan fingerprint density at radius 3 is 2.18 bits per heavy atom. The van der Waals surface area contributed by atoms with Gasteiger partial charge in [0.05, 0.1) is 11.4 Å². The van der Waals surface area contributed by atoms with Crippen molar-refractivity contribution in [1.82, 2.24) is 14.9 Å². The number of carbonyl (C=O) groups is 3. The average Bonchev–Trinajstić information content (AvgIpc) is 2.77. The second kappa shape index (κ2) is 11.8. The van der Waals surface area contributed by atoms with Gasteiger partial charge in [-0.05, 0) is 39.1 Å². The molecule has 1 aromatic rings. The lowest BCUT2D eigenvalue weighted by Gasteiger charge is -2.37. The van der Waals surface area contributed by atoms with Crippen molar-refractivity contribution >= 4 is 27.8 Å². The Balaban J connectivity index is 2.43. The molecule has 11 heteroatoms. The third-order valence-electron chi connectivity index (χ3n) is 5.09. The van der Waals surface area contributed by atoms with Crippen LogP contribution in [0.3, 0.4) is 0 Å². The molecule has 2 rings (SSSR count). The minimum Gasteiger partial charge on any atom is -0.437 e. The molecule has 0 bridgehead atoms. The van der Waals surface area contributed by atoms with Crippen LogP contribution in [0.15, 0.2) is 47.4 Å². The second-order valence-electron chi connectivity index (χ2n) is 7.64. The normalized spacial score (nSPS) is 19.0. The van der Waals surface area contributed by atoms with E-state index in [-0.39, 0.29) is 11.4 Å². The number of nitrogens with zero attached hydrogens (tertiary/aromatic N) is 3. The molecule has 0 N–H and O–H groups in total. The van der Waals surface area contributed by atoms with E-state index in [0.29, 0.717) is 6.54 Å². The van der Waals surface area contributed by atoms with Crippen LogP contribution in [0.4, 0.5) is 4.79 Å². The Kier molecular flexibility index (Phi) is 9.42. The molecule has 0 spiro atoms. The van der Waals surface area contributed by atoms with Crippen LogP contribution >= 0.6 is 0 Å². The van der Waals surface area contributed by atoms with E-state index in [1.165, 1.54) is 12.1 Å². The summed E-state index contributed by atoms with van der Waals surface area (Å²) < 4.78 is 31.4. The molecule has 1 aliphatic heterocycles. The summed E-state index contributed by atoms with van der Waals surface area (Å²) in [6.07, 6.45) is 0.252. The number of amides is 2. The standard InChI is InChI=1S/C22H31N3O7S/c1-5-23(6-2)14-15-24-22(28)25(17(3)4)19(31-20(26)12-13-21(27)32-24)16-33(29,30)18-10-8-7-9-11-18/h7-13,17,19H,5-6,14-16H2,1-4H3/b13-12-. The monoisotopic (exact) mass is 481 g/mol. The smallest absolute Gasteiger partial charge is 0.356 e. The third-order valence-corrected chi connectivity index (χ3v) is 6.80. The first-order chi connectivity index (χ1) is 15.6. The summed E-state index contributed by atoms with van der Waals surface area (Å²) in [4.78, 5) is 46.2. The number of hydrogen-bond acceptors (Lipinski definition) is 8. The first-order valence-corrected chi connectivity index (χ1v) is 12.4. The highest BCUT2D eigenvalue weighted by molar-refractivity contribution is 7.91. The maximum Gasteiger partial charge on any atom is 0.356 e. The number of carbonyl (C=O) groups excluding carboxylic acids is 3. The van der Waals surface area contributed by atoms with E-state index < -0.39 is 45.8 Å². The molecule has 10 nitrogen and oxygen atoms in total. The van der Waals surface area contributed by atoms with Crippen molar-refractivity contribution < 1.29 is 32.4 Å². The highest BCUT2D eigenvalue weighted by atomic mass is 32.2. The topological polar surface area (TPSA) is 114 Å². The predicted molar refractivity (Wildman–Crippen MR) is 120 cm³/mol. The lowest BCUT2D eigenvalue weighted by atomic mass is 10.3. The van der Waals surface area contributed by atoms with E-state index in [9.17, 15) is 22.8 Å². The summed E-state index contributed by atoms with van der Waals surface area (Å²) in [5.41, 5.74) is 0. The van der Waals surface area contributed by atoms with E-state index in [1.807, 2.05) is 18.7 Å². The summed E-state index contributed by atoms with van der Waals surface area (Å²) in [6.45, 7) is 9.18.